The summed E-state index contributed by atoms with van der Waals surface area (Å²) < 4.78 is 51.4. The Bertz CT molecular complexity index is 1030. The summed E-state index contributed by atoms with van der Waals surface area (Å²) >= 11 is 0. The van der Waals surface area contributed by atoms with Crippen molar-refractivity contribution in [3.05, 3.63) is 54.0 Å². The van der Waals surface area contributed by atoms with Crippen molar-refractivity contribution in [2.24, 2.45) is 5.92 Å². The van der Waals surface area contributed by atoms with E-state index in [4.69, 9.17) is 0 Å². The zero-order chi connectivity index (χ0) is 21.9. The Morgan fingerprint density at radius 3 is 2.30 bits per heavy atom. The summed E-state index contributed by atoms with van der Waals surface area (Å²) in [6, 6.07) is 5.88. The Hall–Kier alpha value is -2.68. The van der Waals surface area contributed by atoms with Gasteiger partial charge in [-0.2, -0.15) is 0 Å². The zero-order valence-electron chi connectivity index (χ0n) is 16.7. The van der Waals surface area contributed by atoms with Crippen molar-refractivity contribution in [1.82, 2.24) is 9.97 Å². The van der Waals surface area contributed by atoms with Crippen molar-refractivity contribution in [1.29, 1.82) is 0 Å². The predicted octanol–water partition coefficient (Wildman–Crippen LogP) is 3.69. The highest BCUT2D eigenvalue weighted by molar-refractivity contribution is 7.91. The molecular formula is C21H23F2N3O3S. The number of carbonyl (C=O) groups excluding carboxylic acids is 1. The first-order valence-corrected chi connectivity index (χ1v) is 11.3. The molecule has 30 heavy (non-hydrogen) atoms. The van der Waals surface area contributed by atoms with Crippen LogP contribution in [0.3, 0.4) is 0 Å². The van der Waals surface area contributed by atoms with Crippen molar-refractivity contribution < 1.29 is 22.0 Å². The number of nitrogens with one attached hydrogen (secondary N) is 1. The van der Waals surface area contributed by atoms with Gasteiger partial charge in [0.25, 0.3) is 5.91 Å². The average Bonchev–Trinajstić information content (AvgIpc) is 3.05. The summed E-state index contributed by atoms with van der Waals surface area (Å²) in [5.41, 5.74) is 1.33. The number of nitrogens with zero attached hydrogens (tertiary/aromatic N) is 2. The molecular weight excluding hydrogens is 412 g/mol. The van der Waals surface area contributed by atoms with Crippen LogP contribution in [0.2, 0.25) is 0 Å². The molecule has 0 radical (unpaired) electrons. The largest absolute Gasteiger partial charge is 0.305 e. The molecule has 6 nitrogen and oxygen atoms in total. The van der Waals surface area contributed by atoms with Gasteiger partial charge in [0, 0.05) is 5.57 Å². The Balaban J connectivity index is 1.93. The molecule has 1 aliphatic rings. The number of alkyl halides is 2. The van der Waals surface area contributed by atoms with Gasteiger partial charge in [-0.25, -0.2) is 22.2 Å². The third kappa shape index (κ3) is 5.08. The van der Waals surface area contributed by atoms with Gasteiger partial charge in [-0.3, -0.25) is 9.78 Å². The van der Waals surface area contributed by atoms with Crippen LogP contribution in [0.1, 0.15) is 31.0 Å². The number of anilines is 1. The smallest absolute Gasteiger partial charge is 0.257 e. The van der Waals surface area contributed by atoms with Gasteiger partial charge >= 0.3 is 0 Å². The van der Waals surface area contributed by atoms with Crippen LogP contribution in [-0.4, -0.2) is 42.4 Å². The first-order chi connectivity index (χ1) is 14.2. The van der Waals surface area contributed by atoms with Crippen LogP contribution in [0.5, 0.6) is 0 Å². The number of rotatable bonds is 6. The van der Waals surface area contributed by atoms with Crippen LogP contribution in [0.25, 0.3) is 5.57 Å². The molecule has 0 bridgehead atoms. The molecule has 0 saturated heterocycles. The molecule has 3 atom stereocenters. The van der Waals surface area contributed by atoms with Gasteiger partial charge in [-0.1, -0.05) is 25.1 Å². The normalized spacial score (nSPS) is 22.1. The van der Waals surface area contributed by atoms with E-state index in [9.17, 15) is 22.0 Å². The van der Waals surface area contributed by atoms with Crippen molar-refractivity contribution >= 4 is 27.1 Å². The monoisotopic (exact) mass is 435 g/mol. The van der Waals surface area contributed by atoms with E-state index >= 15 is 0 Å². The van der Waals surface area contributed by atoms with Crippen molar-refractivity contribution in [2.45, 2.75) is 43.9 Å². The minimum Gasteiger partial charge on any atom is -0.305 e. The van der Waals surface area contributed by atoms with Crippen LogP contribution < -0.4 is 5.32 Å². The molecule has 0 unspecified atom stereocenters. The molecule has 0 aliphatic heterocycles. The van der Waals surface area contributed by atoms with Crippen molar-refractivity contribution in [2.75, 3.05) is 11.1 Å². The molecule has 3 rings (SSSR count). The van der Waals surface area contributed by atoms with E-state index in [-0.39, 0.29) is 34.9 Å². The third-order valence-electron chi connectivity index (χ3n) is 5.02. The molecule has 2 aromatic rings. The number of amides is 1. The molecule has 1 saturated carbocycles. The minimum atomic E-state index is -3.39. The Morgan fingerprint density at radius 1 is 1.13 bits per heavy atom. The number of hydrogen-bond donors (Lipinski definition) is 1. The van der Waals surface area contributed by atoms with Gasteiger partial charge in [0.05, 0.1) is 28.7 Å². The molecule has 1 N–H and O–H groups in total. The topological polar surface area (TPSA) is 89.0 Å². The molecule has 1 amide bonds. The van der Waals surface area contributed by atoms with E-state index in [0.717, 1.165) is 0 Å². The van der Waals surface area contributed by atoms with Crippen molar-refractivity contribution in [3.8, 4) is 0 Å². The SMILES string of the molecule is CCS(=O)(=O)c1ccc(/C(=C\[C@H]2C[C@@H](F)[C@@H](F)C2)C(=O)Nc2cnc(C)cn2)cc1. The fraction of sp³-hybridized carbons (Fsp3) is 0.381. The van der Waals surface area contributed by atoms with Gasteiger partial charge in [0.2, 0.25) is 0 Å². The standard InChI is InChI=1S/C21H23F2N3O3S/c1-3-30(28,29)16-6-4-15(5-7-16)17(8-14-9-18(22)19(23)10-14)21(27)26-20-12-24-13(2)11-25-20/h4-8,11-12,14,18-19H,3,9-10H2,1-2H3,(H,25,26,27)/b17-8+/t14-,18+,19-. The van der Waals surface area contributed by atoms with E-state index in [1.807, 2.05) is 0 Å². The number of halogens is 2. The van der Waals surface area contributed by atoms with Crippen LogP contribution in [-0.2, 0) is 14.6 Å². The van der Waals surface area contributed by atoms with Gasteiger partial charge in [-0.05, 0) is 43.4 Å². The first kappa shape index (κ1) is 22.0. The number of sulfone groups is 1. The Morgan fingerprint density at radius 2 is 1.77 bits per heavy atom. The molecule has 1 heterocycles. The number of aryl methyl sites for hydroxylation is 1. The molecule has 1 aromatic heterocycles. The number of carbonyl (C=O) groups is 1. The average molecular weight is 435 g/mol. The van der Waals surface area contributed by atoms with Crippen LogP contribution >= 0.6 is 0 Å². The lowest BCUT2D eigenvalue weighted by Gasteiger charge is -2.12. The lowest BCUT2D eigenvalue weighted by atomic mass is 9.98. The summed E-state index contributed by atoms with van der Waals surface area (Å²) in [5.74, 6) is -0.768. The fourth-order valence-corrected chi connectivity index (χ4v) is 4.18. The number of aromatic nitrogens is 2. The molecule has 0 spiro atoms. The maximum atomic E-state index is 13.6. The predicted molar refractivity (Wildman–Crippen MR) is 110 cm³/mol. The zero-order valence-corrected chi connectivity index (χ0v) is 17.5. The molecule has 1 aliphatic carbocycles. The van der Waals surface area contributed by atoms with E-state index < -0.39 is 34.0 Å². The first-order valence-electron chi connectivity index (χ1n) is 9.62. The van der Waals surface area contributed by atoms with E-state index in [2.05, 4.69) is 15.3 Å². The second-order valence-corrected chi connectivity index (χ2v) is 9.55. The second-order valence-electron chi connectivity index (χ2n) is 7.27. The molecule has 160 valence electrons. The molecule has 1 fully saturated rings. The summed E-state index contributed by atoms with van der Waals surface area (Å²) in [4.78, 5) is 21.2. The summed E-state index contributed by atoms with van der Waals surface area (Å²) in [6.45, 7) is 3.31. The third-order valence-corrected chi connectivity index (χ3v) is 6.77. The van der Waals surface area contributed by atoms with Gasteiger partial charge in [0.1, 0.15) is 12.3 Å². The summed E-state index contributed by atoms with van der Waals surface area (Å²) in [6.07, 6.45) is 1.32. The Labute approximate surface area is 174 Å². The van der Waals surface area contributed by atoms with Gasteiger partial charge < -0.3 is 5.32 Å². The van der Waals surface area contributed by atoms with Crippen LogP contribution in [0, 0.1) is 12.8 Å². The van der Waals surface area contributed by atoms with Crippen molar-refractivity contribution in [3.63, 3.8) is 0 Å². The van der Waals surface area contributed by atoms with Gasteiger partial charge in [-0.15, -0.1) is 0 Å². The highest BCUT2D eigenvalue weighted by Crippen LogP contribution is 2.34. The fourth-order valence-electron chi connectivity index (χ4n) is 3.29. The number of allylic oxidation sites excluding steroid dienone is 1. The lowest BCUT2D eigenvalue weighted by Crippen LogP contribution is -2.16. The molecule has 9 heteroatoms. The number of hydrogen-bond acceptors (Lipinski definition) is 5. The summed E-state index contributed by atoms with van der Waals surface area (Å²) in [7, 11) is -3.39. The molecule has 1 aromatic carbocycles. The van der Waals surface area contributed by atoms with E-state index in [1.54, 1.807) is 19.9 Å². The van der Waals surface area contributed by atoms with E-state index in [0.29, 0.717) is 11.3 Å². The quantitative estimate of drug-likeness (QED) is 0.699. The lowest BCUT2D eigenvalue weighted by molar-refractivity contribution is -0.111. The van der Waals surface area contributed by atoms with Gasteiger partial charge in [0.15, 0.2) is 15.7 Å². The van der Waals surface area contributed by atoms with Crippen LogP contribution in [0.4, 0.5) is 14.6 Å². The number of benzene rings is 1. The summed E-state index contributed by atoms with van der Waals surface area (Å²) in [5, 5.41) is 2.63. The maximum Gasteiger partial charge on any atom is 0.257 e. The minimum absolute atomic E-state index is 0.00934. The highest BCUT2D eigenvalue weighted by Gasteiger charge is 2.34. The maximum absolute atomic E-state index is 13.6. The highest BCUT2D eigenvalue weighted by atomic mass is 32.2. The van der Waals surface area contributed by atoms with Crippen LogP contribution in [0.15, 0.2) is 47.6 Å². The Kier molecular flexibility index (Phi) is 6.60. The second kappa shape index (κ2) is 8.99. The van der Waals surface area contributed by atoms with E-state index in [1.165, 1.54) is 36.7 Å².